The van der Waals surface area contributed by atoms with Gasteiger partial charge in [-0.15, -0.1) is 0 Å². The van der Waals surface area contributed by atoms with Crippen molar-refractivity contribution in [3.8, 4) is 0 Å². The number of amides is 2. The summed E-state index contributed by atoms with van der Waals surface area (Å²) < 4.78 is 6.07. The molecule has 1 heterocycles. The van der Waals surface area contributed by atoms with Crippen LogP contribution >= 0.6 is 0 Å². The first kappa shape index (κ1) is 29.5. The number of allylic oxidation sites excluding steroid dienone is 2. The summed E-state index contributed by atoms with van der Waals surface area (Å²) in [5, 5.41) is 15.9. The highest BCUT2D eigenvalue weighted by Gasteiger charge is 2.35. The molecule has 7 nitrogen and oxygen atoms in total. The van der Waals surface area contributed by atoms with Gasteiger partial charge in [0.2, 0.25) is 11.8 Å². The monoisotopic (exact) mass is 546 g/mol. The van der Waals surface area contributed by atoms with Gasteiger partial charge in [0.15, 0.2) is 0 Å². The fourth-order valence-corrected chi connectivity index (χ4v) is 5.76. The number of rotatable bonds is 7. The molecule has 1 aliphatic heterocycles. The first-order chi connectivity index (χ1) is 19.5. The zero-order chi connectivity index (χ0) is 28.2. The normalized spacial score (nSPS) is 24.0. The zero-order valence-electron chi connectivity index (χ0n) is 23.2. The lowest BCUT2D eigenvalue weighted by molar-refractivity contribution is -0.155. The largest absolute Gasteiger partial charge is 0.455 e. The second-order valence-electron chi connectivity index (χ2n) is 11.2. The second kappa shape index (κ2) is 14.8. The molecular weight excluding hydrogens is 504 g/mol. The van der Waals surface area contributed by atoms with Crippen molar-refractivity contribution in [3.63, 3.8) is 0 Å². The summed E-state index contributed by atoms with van der Waals surface area (Å²) in [5.41, 5.74) is 1.32. The van der Waals surface area contributed by atoms with Gasteiger partial charge in [-0.2, -0.15) is 0 Å². The molecule has 2 aromatic rings. The number of hydrogen-bond donors (Lipinski definition) is 3. The van der Waals surface area contributed by atoms with Crippen molar-refractivity contribution in [2.75, 3.05) is 13.2 Å². The maximum atomic E-state index is 13.5. The third kappa shape index (κ3) is 8.52. The Labute approximate surface area is 237 Å². The van der Waals surface area contributed by atoms with Crippen LogP contribution in [-0.2, 0) is 25.5 Å². The number of benzene rings is 2. The van der Waals surface area contributed by atoms with Gasteiger partial charge in [0.1, 0.15) is 6.10 Å². The second-order valence-corrected chi connectivity index (χ2v) is 11.2. The van der Waals surface area contributed by atoms with E-state index < -0.39 is 17.6 Å². The van der Waals surface area contributed by atoms with Gasteiger partial charge in [0.25, 0.3) is 0 Å². The lowest BCUT2D eigenvalue weighted by Gasteiger charge is -2.29. The van der Waals surface area contributed by atoms with Crippen LogP contribution in [0.2, 0.25) is 0 Å². The molecule has 1 fully saturated rings. The minimum Gasteiger partial charge on any atom is -0.455 e. The number of ether oxygens (including phenoxy) is 1. The molecule has 7 heteroatoms. The van der Waals surface area contributed by atoms with Gasteiger partial charge in [-0.3, -0.25) is 14.4 Å². The number of carbonyl (C=O) groups is 3. The maximum Gasteiger partial charge on any atom is 0.309 e. The van der Waals surface area contributed by atoms with Gasteiger partial charge < -0.3 is 20.5 Å². The van der Waals surface area contributed by atoms with Crippen molar-refractivity contribution in [1.82, 2.24) is 10.6 Å². The molecule has 1 saturated carbocycles. The number of cyclic esters (lactones) is 1. The average molecular weight is 547 g/mol. The van der Waals surface area contributed by atoms with E-state index in [9.17, 15) is 19.5 Å². The molecule has 3 atom stereocenters. The molecule has 0 saturated heterocycles. The molecule has 3 N–H and O–H groups in total. The van der Waals surface area contributed by atoms with Crippen molar-refractivity contribution >= 4 is 17.8 Å². The van der Waals surface area contributed by atoms with E-state index in [-0.39, 0.29) is 43.3 Å². The van der Waals surface area contributed by atoms with Gasteiger partial charge in [-0.1, -0.05) is 85.7 Å². The van der Waals surface area contributed by atoms with Crippen LogP contribution in [0.3, 0.4) is 0 Å². The molecular formula is C33H42N2O5. The predicted octanol–water partition coefficient (Wildman–Crippen LogP) is 4.80. The van der Waals surface area contributed by atoms with Gasteiger partial charge >= 0.3 is 5.97 Å². The Kier molecular flexibility index (Phi) is 10.9. The Hall–Kier alpha value is -3.45. The molecule has 2 aliphatic rings. The zero-order valence-corrected chi connectivity index (χ0v) is 23.2. The standard InChI is InChI=1S/C33H42N2O5/c36-24-33(19-11-12-20-33)35-30(37)22-27-17-7-1-2-8-18-28(21-25-13-5-3-6-14-25)32(39)40-29(23-34-31(27)38)26-15-9-4-10-16-26/h1,3-7,9-10,13-16,27-29,36H,2,8,11-12,17-24H2,(H,34,38)(H,35,37)/t27-,28-,29+/m1/s1. The van der Waals surface area contributed by atoms with E-state index in [2.05, 4.69) is 10.6 Å². The molecule has 0 unspecified atom stereocenters. The van der Waals surface area contributed by atoms with Crippen LogP contribution in [0.1, 0.15) is 75.0 Å². The summed E-state index contributed by atoms with van der Waals surface area (Å²) in [7, 11) is 0. The third-order valence-electron chi connectivity index (χ3n) is 8.13. The molecule has 2 amide bonds. The molecule has 1 aliphatic carbocycles. The van der Waals surface area contributed by atoms with E-state index in [1.807, 2.05) is 72.8 Å². The Morgan fingerprint density at radius 3 is 2.35 bits per heavy atom. The number of nitrogens with one attached hydrogen (secondary N) is 2. The Morgan fingerprint density at radius 1 is 0.950 bits per heavy atom. The first-order valence-corrected chi connectivity index (χ1v) is 14.6. The highest BCUT2D eigenvalue weighted by Crippen LogP contribution is 2.30. The van der Waals surface area contributed by atoms with Gasteiger partial charge in [-0.05, 0) is 56.1 Å². The summed E-state index contributed by atoms with van der Waals surface area (Å²) >= 11 is 0. The first-order valence-electron chi connectivity index (χ1n) is 14.6. The molecule has 4 rings (SSSR count). The predicted molar refractivity (Wildman–Crippen MR) is 154 cm³/mol. The van der Waals surface area contributed by atoms with Crippen LogP contribution in [0, 0.1) is 11.8 Å². The fourth-order valence-electron chi connectivity index (χ4n) is 5.76. The van der Waals surface area contributed by atoms with Crippen LogP contribution < -0.4 is 10.6 Å². The van der Waals surface area contributed by atoms with Gasteiger partial charge in [0, 0.05) is 6.42 Å². The summed E-state index contributed by atoms with van der Waals surface area (Å²) in [6.45, 7) is 0.0277. The minimum atomic E-state index is -0.639. The smallest absolute Gasteiger partial charge is 0.309 e. The van der Waals surface area contributed by atoms with Crippen molar-refractivity contribution in [2.24, 2.45) is 11.8 Å². The quantitative estimate of drug-likeness (QED) is 0.342. The number of hydrogen-bond acceptors (Lipinski definition) is 5. The number of esters is 1. The van der Waals surface area contributed by atoms with Crippen molar-refractivity contribution in [3.05, 3.63) is 83.9 Å². The Bertz CT molecular complexity index is 1130. The number of aliphatic hydroxyl groups excluding tert-OH is 1. The summed E-state index contributed by atoms with van der Waals surface area (Å²) in [6.07, 6.45) is 10.2. The Morgan fingerprint density at radius 2 is 1.65 bits per heavy atom. The minimum absolute atomic E-state index is 0.0346. The van der Waals surface area contributed by atoms with E-state index in [4.69, 9.17) is 4.74 Å². The van der Waals surface area contributed by atoms with E-state index in [0.717, 1.165) is 49.7 Å². The lowest BCUT2D eigenvalue weighted by atomic mass is 9.93. The lowest BCUT2D eigenvalue weighted by Crippen LogP contribution is -2.50. The van der Waals surface area contributed by atoms with E-state index in [0.29, 0.717) is 19.3 Å². The average Bonchev–Trinajstić information content (AvgIpc) is 3.44. The third-order valence-corrected chi connectivity index (χ3v) is 8.13. The summed E-state index contributed by atoms with van der Waals surface area (Å²) in [4.78, 5) is 39.8. The van der Waals surface area contributed by atoms with Crippen molar-refractivity contribution < 1.29 is 24.2 Å². The van der Waals surface area contributed by atoms with E-state index >= 15 is 0 Å². The van der Waals surface area contributed by atoms with Crippen LogP contribution in [0.4, 0.5) is 0 Å². The number of carbonyl (C=O) groups excluding carboxylic acids is 3. The van der Waals surface area contributed by atoms with Crippen LogP contribution in [0.15, 0.2) is 72.8 Å². The SMILES string of the molecule is O=C(C[C@H]1CC=CCCC[C@H](Cc2ccccc2)C(=O)O[C@H](c2ccccc2)CNC1=O)NC1(CO)CCCC1. The Balaban J connectivity index is 1.49. The van der Waals surface area contributed by atoms with Gasteiger partial charge in [-0.25, -0.2) is 0 Å². The van der Waals surface area contributed by atoms with E-state index in [1.54, 1.807) is 0 Å². The molecule has 40 heavy (non-hydrogen) atoms. The molecule has 0 aromatic heterocycles. The van der Waals surface area contributed by atoms with Crippen molar-refractivity contribution in [2.45, 2.75) is 75.9 Å². The fraction of sp³-hybridized carbons (Fsp3) is 0.485. The van der Waals surface area contributed by atoms with E-state index in [1.165, 1.54) is 0 Å². The summed E-state index contributed by atoms with van der Waals surface area (Å²) in [6, 6.07) is 19.4. The topological polar surface area (TPSA) is 105 Å². The molecule has 0 bridgehead atoms. The summed E-state index contributed by atoms with van der Waals surface area (Å²) in [5.74, 6) is -1.59. The maximum absolute atomic E-state index is 13.5. The highest BCUT2D eigenvalue weighted by molar-refractivity contribution is 5.86. The number of aliphatic hydroxyl groups is 1. The van der Waals surface area contributed by atoms with Gasteiger partial charge in [0.05, 0.1) is 30.5 Å². The molecule has 0 spiro atoms. The van der Waals surface area contributed by atoms with Crippen molar-refractivity contribution in [1.29, 1.82) is 0 Å². The van der Waals surface area contributed by atoms with Crippen LogP contribution in [-0.4, -0.2) is 41.6 Å². The van der Waals surface area contributed by atoms with Crippen LogP contribution in [0.5, 0.6) is 0 Å². The van der Waals surface area contributed by atoms with Crippen LogP contribution in [0.25, 0.3) is 0 Å². The molecule has 0 radical (unpaired) electrons. The molecule has 214 valence electrons. The molecule has 2 aromatic carbocycles. The highest BCUT2D eigenvalue weighted by atomic mass is 16.5.